The number of benzene rings is 1. The molecule has 0 unspecified atom stereocenters. The third-order valence-electron chi connectivity index (χ3n) is 4.48. The van der Waals surface area contributed by atoms with Gasteiger partial charge in [0, 0.05) is 6.54 Å². The highest BCUT2D eigenvalue weighted by Gasteiger charge is 2.15. The van der Waals surface area contributed by atoms with Gasteiger partial charge in [0.05, 0.1) is 30.5 Å². The number of fused-ring (bicyclic) bond motifs is 1. The van der Waals surface area contributed by atoms with Crippen LogP contribution in [0.25, 0.3) is 22.5 Å². The Balaban J connectivity index is 1.49. The van der Waals surface area contributed by atoms with E-state index in [4.69, 9.17) is 14.9 Å². The highest BCUT2D eigenvalue weighted by atomic mass is 16.5. The largest absolute Gasteiger partial charge is 0.465 e. The normalized spacial score (nSPS) is 11.0. The molecule has 1 aromatic carbocycles. The minimum Gasteiger partial charge on any atom is -0.465 e. The molecule has 8 heteroatoms. The molecule has 8 nitrogen and oxygen atoms in total. The first kappa shape index (κ1) is 17.7. The van der Waals surface area contributed by atoms with Gasteiger partial charge in [-0.25, -0.2) is 14.5 Å². The molecule has 0 saturated heterocycles. The van der Waals surface area contributed by atoms with Crippen molar-refractivity contribution in [2.24, 2.45) is 0 Å². The zero-order chi connectivity index (χ0) is 19.5. The summed E-state index contributed by atoms with van der Waals surface area (Å²) in [4.78, 5) is 20.1. The van der Waals surface area contributed by atoms with Gasteiger partial charge in [0.1, 0.15) is 5.69 Å². The Kier molecular flexibility index (Phi) is 4.76. The molecule has 0 saturated carbocycles. The maximum atomic E-state index is 11.5. The number of carbonyl (C=O) groups excluding carboxylic acids is 1. The van der Waals surface area contributed by atoms with Crippen molar-refractivity contribution in [2.45, 2.75) is 19.4 Å². The standard InChI is InChI=1S/C20H19N5O3/c1-27-19(26)14-8-6-13(7-9-14)4-2-10-25-18-15(12-22-25)17(23-20(21)24-18)16-5-3-11-28-16/h3,5-9,11-12H,2,4,10H2,1H3,(H2,21,23,24). The number of aryl methyl sites for hydroxylation is 2. The summed E-state index contributed by atoms with van der Waals surface area (Å²) < 4.78 is 12.0. The summed E-state index contributed by atoms with van der Waals surface area (Å²) in [5, 5.41) is 5.24. The molecular weight excluding hydrogens is 358 g/mol. The van der Waals surface area contributed by atoms with Crippen molar-refractivity contribution in [3.63, 3.8) is 0 Å². The number of anilines is 1. The summed E-state index contributed by atoms with van der Waals surface area (Å²) in [6.45, 7) is 0.677. The average molecular weight is 377 g/mol. The van der Waals surface area contributed by atoms with Crippen LogP contribution in [0.15, 0.2) is 53.3 Å². The van der Waals surface area contributed by atoms with E-state index in [9.17, 15) is 4.79 Å². The summed E-state index contributed by atoms with van der Waals surface area (Å²) in [6, 6.07) is 11.0. The zero-order valence-electron chi connectivity index (χ0n) is 15.3. The van der Waals surface area contributed by atoms with Crippen molar-refractivity contribution in [2.75, 3.05) is 12.8 Å². The molecule has 0 aliphatic heterocycles. The molecule has 3 aromatic heterocycles. The highest BCUT2D eigenvalue weighted by Crippen LogP contribution is 2.27. The first-order valence-corrected chi connectivity index (χ1v) is 8.86. The van der Waals surface area contributed by atoms with Crippen LogP contribution < -0.4 is 5.73 Å². The fraction of sp³-hybridized carbons (Fsp3) is 0.200. The van der Waals surface area contributed by atoms with Crippen molar-refractivity contribution in [3.8, 4) is 11.5 Å². The Hall–Kier alpha value is -3.68. The number of hydrogen-bond donors (Lipinski definition) is 1. The second-order valence-corrected chi connectivity index (χ2v) is 6.30. The molecule has 0 atom stereocenters. The number of nitrogens with zero attached hydrogens (tertiary/aromatic N) is 4. The lowest BCUT2D eigenvalue weighted by Crippen LogP contribution is -2.05. The lowest BCUT2D eigenvalue weighted by Gasteiger charge is -2.06. The molecular formula is C20H19N5O3. The molecule has 142 valence electrons. The van der Waals surface area contributed by atoms with E-state index in [0.717, 1.165) is 23.8 Å². The van der Waals surface area contributed by atoms with Crippen LogP contribution in [0.4, 0.5) is 5.95 Å². The smallest absolute Gasteiger partial charge is 0.337 e. The van der Waals surface area contributed by atoms with Crippen molar-refractivity contribution in [1.29, 1.82) is 0 Å². The molecule has 28 heavy (non-hydrogen) atoms. The van der Waals surface area contributed by atoms with E-state index in [1.807, 2.05) is 22.9 Å². The van der Waals surface area contributed by atoms with Crippen LogP contribution in [0.2, 0.25) is 0 Å². The van der Waals surface area contributed by atoms with Crippen molar-refractivity contribution < 1.29 is 13.9 Å². The van der Waals surface area contributed by atoms with Crippen LogP contribution in [0.5, 0.6) is 0 Å². The molecule has 0 spiro atoms. The number of nitrogens with two attached hydrogens (primary N) is 1. The SMILES string of the molecule is COC(=O)c1ccc(CCCn2ncc3c(-c4ccco4)nc(N)nc32)cc1. The summed E-state index contributed by atoms with van der Waals surface area (Å²) in [7, 11) is 1.37. The molecule has 0 radical (unpaired) electrons. The van der Waals surface area contributed by atoms with Gasteiger partial charge in [-0.15, -0.1) is 0 Å². The summed E-state index contributed by atoms with van der Waals surface area (Å²) in [5.41, 5.74) is 8.88. The lowest BCUT2D eigenvalue weighted by atomic mass is 10.1. The van der Waals surface area contributed by atoms with Crippen molar-refractivity contribution in [3.05, 3.63) is 60.0 Å². The predicted octanol–water partition coefficient (Wildman–Crippen LogP) is 3.09. The third-order valence-corrected chi connectivity index (χ3v) is 4.48. The van der Waals surface area contributed by atoms with E-state index in [1.165, 1.54) is 7.11 Å². The Morgan fingerprint density at radius 2 is 2.04 bits per heavy atom. The summed E-state index contributed by atoms with van der Waals surface area (Å²) in [5.74, 6) is 0.475. The second-order valence-electron chi connectivity index (χ2n) is 6.30. The van der Waals surface area contributed by atoms with Gasteiger partial charge in [-0.2, -0.15) is 10.1 Å². The van der Waals surface area contributed by atoms with E-state index in [2.05, 4.69) is 15.1 Å². The van der Waals surface area contributed by atoms with Gasteiger partial charge < -0.3 is 14.9 Å². The number of methoxy groups -OCH3 is 1. The van der Waals surface area contributed by atoms with Crippen molar-refractivity contribution in [1.82, 2.24) is 19.7 Å². The lowest BCUT2D eigenvalue weighted by molar-refractivity contribution is 0.0600. The van der Waals surface area contributed by atoms with Gasteiger partial charge in [0.25, 0.3) is 0 Å². The molecule has 2 N–H and O–H groups in total. The molecule has 0 amide bonds. The summed E-state index contributed by atoms with van der Waals surface area (Å²) >= 11 is 0. The van der Waals surface area contributed by atoms with E-state index in [-0.39, 0.29) is 11.9 Å². The molecule has 3 heterocycles. The van der Waals surface area contributed by atoms with E-state index < -0.39 is 0 Å². The fourth-order valence-corrected chi connectivity index (χ4v) is 3.10. The third kappa shape index (κ3) is 3.44. The van der Waals surface area contributed by atoms with Crippen LogP contribution in [-0.4, -0.2) is 32.8 Å². The zero-order valence-corrected chi connectivity index (χ0v) is 15.3. The molecule has 0 aliphatic carbocycles. The van der Waals surface area contributed by atoms with Crippen LogP contribution in [0, 0.1) is 0 Å². The number of nitrogen functional groups attached to an aromatic ring is 1. The maximum Gasteiger partial charge on any atom is 0.337 e. The average Bonchev–Trinajstić information content (AvgIpc) is 3.38. The highest BCUT2D eigenvalue weighted by molar-refractivity contribution is 5.90. The Morgan fingerprint density at radius 1 is 1.21 bits per heavy atom. The monoisotopic (exact) mass is 377 g/mol. The van der Waals surface area contributed by atoms with E-state index in [0.29, 0.717) is 29.2 Å². The molecule has 0 bridgehead atoms. The number of carbonyl (C=O) groups is 1. The predicted molar refractivity (Wildman–Crippen MR) is 104 cm³/mol. The van der Waals surface area contributed by atoms with Gasteiger partial charge >= 0.3 is 5.97 Å². The Morgan fingerprint density at radius 3 is 2.75 bits per heavy atom. The Labute approximate surface area is 161 Å². The first-order valence-electron chi connectivity index (χ1n) is 8.86. The fourth-order valence-electron chi connectivity index (χ4n) is 3.10. The van der Waals surface area contributed by atoms with Crippen LogP contribution in [0.1, 0.15) is 22.3 Å². The topological polar surface area (TPSA) is 109 Å². The number of hydrogen-bond acceptors (Lipinski definition) is 7. The van der Waals surface area contributed by atoms with Gasteiger partial charge in [-0.05, 0) is 42.7 Å². The van der Waals surface area contributed by atoms with Gasteiger partial charge in [-0.1, -0.05) is 12.1 Å². The molecule has 4 rings (SSSR count). The minimum atomic E-state index is -0.334. The minimum absolute atomic E-state index is 0.180. The molecule has 4 aromatic rings. The van der Waals surface area contributed by atoms with Gasteiger partial charge in [0.15, 0.2) is 11.4 Å². The first-order chi connectivity index (χ1) is 13.7. The molecule has 0 aliphatic rings. The number of rotatable bonds is 6. The second kappa shape index (κ2) is 7.51. The quantitative estimate of drug-likeness (QED) is 0.514. The summed E-state index contributed by atoms with van der Waals surface area (Å²) in [6.07, 6.45) is 5.02. The van der Waals surface area contributed by atoms with Gasteiger partial charge in [-0.3, -0.25) is 0 Å². The number of esters is 1. The Bertz CT molecular complexity index is 1100. The van der Waals surface area contributed by atoms with Gasteiger partial charge in [0.2, 0.25) is 5.95 Å². The number of ether oxygens (including phenoxy) is 1. The van der Waals surface area contributed by atoms with Crippen LogP contribution >= 0.6 is 0 Å². The van der Waals surface area contributed by atoms with Crippen molar-refractivity contribution >= 4 is 23.0 Å². The maximum absolute atomic E-state index is 11.5. The number of furan rings is 1. The van der Waals surface area contributed by atoms with Crippen LogP contribution in [-0.2, 0) is 17.7 Å². The van der Waals surface area contributed by atoms with E-state index in [1.54, 1.807) is 30.7 Å². The van der Waals surface area contributed by atoms with Crippen LogP contribution in [0.3, 0.4) is 0 Å². The number of aromatic nitrogens is 4. The molecule has 0 fully saturated rings. The van der Waals surface area contributed by atoms with E-state index >= 15 is 0 Å².